The van der Waals surface area contributed by atoms with Crippen molar-refractivity contribution in [3.63, 3.8) is 0 Å². The summed E-state index contributed by atoms with van der Waals surface area (Å²) >= 11 is 5.56. The number of rotatable bonds is 7. The molecule has 0 spiro atoms. The highest BCUT2D eigenvalue weighted by Gasteiger charge is 2.32. The smallest absolute Gasteiger partial charge is 0.375 e. The fraction of sp³-hybridized carbons (Fsp3) is 0.333. The van der Waals surface area contributed by atoms with Crippen molar-refractivity contribution < 1.29 is 18.0 Å². The zero-order valence-electron chi connectivity index (χ0n) is 14.6. The number of para-hydroxylation sites is 1. The second kappa shape index (κ2) is 8.94. The summed E-state index contributed by atoms with van der Waals surface area (Å²) in [6, 6.07) is 10.2. The molecular weight excluding hydrogens is 383 g/mol. The van der Waals surface area contributed by atoms with Crippen LogP contribution in [0.1, 0.15) is 12.0 Å². The molecule has 2 rings (SSSR count). The Kier molecular flexibility index (Phi) is 6.90. The number of benzene rings is 1. The average molecular weight is 402 g/mol. The van der Waals surface area contributed by atoms with Gasteiger partial charge in [0.15, 0.2) is 0 Å². The molecule has 0 aliphatic rings. The molecule has 0 saturated carbocycles. The van der Waals surface area contributed by atoms with Gasteiger partial charge in [0, 0.05) is 32.0 Å². The largest absolute Gasteiger partial charge is 0.417 e. The van der Waals surface area contributed by atoms with Crippen LogP contribution in [0.25, 0.3) is 0 Å². The quantitative estimate of drug-likeness (QED) is 0.725. The Balaban J connectivity index is 1.87. The van der Waals surface area contributed by atoms with E-state index < -0.39 is 34.8 Å². The Morgan fingerprint density at radius 3 is 2.56 bits per heavy atom. The topological polar surface area (TPSA) is 54.3 Å². The van der Waals surface area contributed by atoms with Crippen molar-refractivity contribution >= 4 is 23.2 Å². The molecule has 1 amide bonds. The number of pyridine rings is 1. The van der Waals surface area contributed by atoms with Crippen molar-refractivity contribution in [1.29, 1.82) is 0 Å². The predicted molar refractivity (Wildman–Crippen MR) is 98.1 cm³/mol. The molecule has 9 heteroatoms. The molecule has 146 valence electrons. The zero-order chi connectivity index (χ0) is 20.0. The molecule has 5 nitrogen and oxygen atoms in total. The van der Waals surface area contributed by atoms with E-state index in [2.05, 4.69) is 5.32 Å². The van der Waals surface area contributed by atoms with Gasteiger partial charge in [-0.3, -0.25) is 9.59 Å². The summed E-state index contributed by atoms with van der Waals surface area (Å²) in [5.74, 6) is -0.560. The minimum absolute atomic E-state index is 0.331. The molecular formula is C18H19ClF3N3O2. The number of alkyl halides is 3. The van der Waals surface area contributed by atoms with Gasteiger partial charge in [0.1, 0.15) is 11.6 Å². The van der Waals surface area contributed by atoms with E-state index in [0.717, 1.165) is 5.69 Å². The predicted octanol–water partition coefficient (Wildman–Crippen LogP) is 3.16. The van der Waals surface area contributed by atoms with Crippen LogP contribution in [0.4, 0.5) is 18.9 Å². The van der Waals surface area contributed by atoms with E-state index in [4.69, 9.17) is 11.6 Å². The Labute approximate surface area is 159 Å². The molecule has 1 aromatic heterocycles. The normalized spacial score (nSPS) is 11.3. The van der Waals surface area contributed by atoms with Crippen LogP contribution in [-0.4, -0.2) is 30.6 Å². The highest BCUT2D eigenvalue weighted by molar-refractivity contribution is 6.30. The van der Waals surface area contributed by atoms with E-state index >= 15 is 0 Å². The van der Waals surface area contributed by atoms with Crippen LogP contribution < -0.4 is 15.8 Å². The van der Waals surface area contributed by atoms with Gasteiger partial charge in [-0.2, -0.15) is 13.2 Å². The molecule has 0 aliphatic carbocycles. The molecule has 27 heavy (non-hydrogen) atoms. The van der Waals surface area contributed by atoms with Crippen molar-refractivity contribution in [3.05, 3.63) is 63.5 Å². The van der Waals surface area contributed by atoms with Crippen molar-refractivity contribution in [1.82, 2.24) is 9.88 Å². The summed E-state index contributed by atoms with van der Waals surface area (Å²) in [6.07, 6.45) is -3.43. The number of nitrogens with zero attached hydrogens (tertiary/aromatic N) is 2. The van der Waals surface area contributed by atoms with E-state index in [1.165, 1.54) is 0 Å². The molecule has 1 N–H and O–H groups in total. The Hall–Kier alpha value is -2.48. The second-order valence-corrected chi connectivity index (χ2v) is 6.38. The fourth-order valence-corrected chi connectivity index (χ4v) is 2.66. The van der Waals surface area contributed by atoms with Crippen LogP contribution in [0, 0.1) is 0 Å². The average Bonchev–Trinajstić information content (AvgIpc) is 2.62. The third kappa shape index (κ3) is 6.02. The monoisotopic (exact) mass is 401 g/mol. The lowest BCUT2D eigenvalue weighted by molar-refractivity contribution is -0.138. The van der Waals surface area contributed by atoms with Gasteiger partial charge >= 0.3 is 6.18 Å². The van der Waals surface area contributed by atoms with Gasteiger partial charge in [-0.05, 0) is 24.6 Å². The van der Waals surface area contributed by atoms with Crippen LogP contribution in [0.3, 0.4) is 0 Å². The highest BCUT2D eigenvalue weighted by Crippen LogP contribution is 2.29. The molecule has 0 radical (unpaired) electrons. The number of carbonyl (C=O) groups is 1. The maximum absolute atomic E-state index is 12.8. The molecule has 0 unspecified atom stereocenters. The number of halogens is 4. The zero-order valence-corrected chi connectivity index (χ0v) is 15.3. The highest BCUT2D eigenvalue weighted by atomic mass is 35.5. The van der Waals surface area contributed by atoms with Gasteiger partial charge in [0.25, 0.3) is 5.56 Å². The fourth-order valence-electron chi connectivity index (χ4n) is 2.44. The van der Waals surface area contributed by atoms with Gasteiger partial charge < -0.3 is 14.8 Å². The molecule has 0 saturated heterocycles. The van der Waals surface area contributed by atoms with Crippen LogP contribution in [0.15, 0.2) is 47.4 Å². The van der Waals surface area contributed by atoms with E-state index in [0.29, 0.717) is 36.3 Å². The summed E-state index contributed by atoms with van der Waals surface area (Å²) in [5.41, 5.74) is -0.887. The first-order valence-electron chi connectivity index (χ1n) is 8.18. The van der Waals surface area contributed by atoms with Crippen LogP contribution >= 0.6 is 11.6 Å². The first-order chi connectivity index (χ1) is 12.7. The summed E-state index contributed by atoms with van der Waals surface area (Å²) in [6.45, 7) is 0.480. The van der Waals surface area contributed by atoms with Crippen molar-refractivity contribution in [2.45, 2.75) is 19.1 Å². The van der Waals surface area contributed by atoms with Crippen molar-refractivity contribution in [2.75, 3.05) is 25.0 Å². The standard InChI is InChI=1S/C18H19ClF3N3O2/c1-24(14-6-3-2-4-7-14)9-5-8-23-16(26)12-25-11-13(18(20,21)22)10-15(19)17(25)27/h2-4,6-7,10-11H,5,8-9,12H2,1H3,(H,23,26). The minimum atomic E-state index is -4.66. The molecule has 0 fully saturated rings. The number of hydrogen-bond acceptors (Lipinski definition) is 3. The summed E-state index contributed by atoms with van der Waals surface area (Å²) in [4.78, 5) is 25.8. The van der Waals surface area contributed by atoms with E-state index in [1.807, 2.05) is 42.3 Å². The van der Waals surface area contributed by atoms with Crippen LogP contribution in [-0.2, 0) is 17.5 Å². The lowest BCUT2D eigenvalue weighted by atomic mass is 10.2. The van der Waals surface area contributed by atoms with Crippen molar-refractivity contribution in [3.8, 4) is 0 Å². The lowest BCUT2D eigenvalue weighted by Gasteiger charge is -2.19. The van der Waals surface area contributed by atoms with Crippen LogP contribution in [0.5, 0.6) is 0 Å². The Morgan fingerprint density at radius 2 is 1.93 bits per heavy atom. The third-order valence-corrected chi connectivity index (χ3v) is 4.14. The molecule has 0 aliphatic heterocycles. The van der Waals surface area contributed by atoms with Crippen LogP contribution in [0.2, 0.25) is 5.02 Å². The SMILES string of the molecule is CN(CCCNC(=O)Cn1cc(C(F)(F)F)cc(Cl)c1=O)c1ccccc1. The Bertz CT molecular complexity index is 838. The Morgan fingerprint density at radius 1 is 1.26 bits per heavy atom. The first kappa shape index (κ1) is 20.8. The van der Waals surface area contributed by atoms with Gasteiger partial charge in [-0.15, -0.1) is 0 Å². The summed E-state index contributed by atoms with van der Waals surface area (Å²) < 4.78 is 39.1. The first-order valence-corrected chi connectivity index (χ1v) is 8.56. The number of carbonyl (C=O) groups excluding carboxylic acids is 1. The molecule has 0 bridgehead atoms. The van der Waals surface area contributed by atoms with Gasteiger partial charge in [-0.1, -0.05) is 29.8 Å². The molecule has 1 aromatic carbocycles. The lowest BCUT2D eigenvalue weighted by Crippen LogP contribution is -2.34. The third-order valence-electron chi connectivity index (χ3n) is 3.87. The maximum atomic E-state index is 12.8. The number of amides is 1. The van der Waals surface area contributed by atoms with E-state index in [1.54, 1.807) is 0 Å². The second-order valence-electron chi connectivity index (χ2n) is 5.97. The van der Waals surface area contributed by atoms with Crippen molar-refractivity contribution in [2.24, 2.45) is 0 Å². The molecule has 2 aromatic rings. The summed E-state index contributed by atoms with van der Waals surface area (Å²) in [7, 11) is 1.92. The molecule has 1 heterocycles. The van der Waals surface area contributed by atoms with E-state index in [-0.39, 0.29) is 0 Å². The number of aromatic nitrogens is 1. The summed E-state index contributed by atoms with van der Waals surface area (Å²) in [5, 5.41) is 2.01. The number of nitrogens with one attached hydrogen (secondary N) is 1. The minimum Gasteiger partial charge on any atom is -0.375 e. The number of hydrogen-bond donors (Lipinski definition) is 1. The number of anilines is 1. The maximum Gasteiger partial charge on any atom is 0.417 e. The van der Waals surface area contributed by atoms with Gasteiger partial charge in [-0.25, -0.2) is 0 Å². The van der Waals surface area contributed by atoms with E-state index in [9.17, 15) is 22.8 Å². The van der Waals surface area contributed by atoms with Gasteiger partial charge in [0.2, 0.25) is 5.91 Å². The molecule has 0 atom stereocenters. The van der Waals surface area contributed by atoms with Gasteiger partial charge in [0.05, 0.1) is 5.56 Å².